The number of aliphatic hydroxyl groups is 1. The van der Waals surface area contributed by atoms with Crippen LogP contribution in [0.4, 0.5) is 5.69 Å². The number of aryl methyl sites for hydroxylation is 2. The Labute approximate surface area is 104 Å². The quantitative estimate of drug-likeness (QED) is 0.873. The molecule has 0 aromatic heterocycles. The zero-order valence-corrected chi connectivity index (χ0v) is 11.7. The lowest BCUT2D eigenvalue weighted by Crippen LogP contribution is -2.44. The van der Waals surface area contributed by atoms with Crippen molar-refractivity contribution in [1.29, 1.82) is 0 Å². The zero-order valence-electron chi connectivity index (χ0n) is 11.7. The number of ether oxygens (including phenoxy) is 1. The van der Waals surface area contributed by atoms with E-state index in [4.69, 9.17) is 4.74 Å². The molecule has 0 unspecified atom stereocenters. The molecule has 0 saturated heterocycles. The maximum Gasteiger partial charge on any atom is 0.122 e. The summed E-state index contributed by atoms with van der Waals surface area (Å²) in [4.78, 5) is 2.11. The average molecular weight is 237 g/mol. The molecule has 3 heteroatoms. The molecule has 96 valence electrons. The fraction of sp³-hybridized carbons (Fsp3) is 0.571. The first-order valence-corrected chi connectivity index (χ1v) is 5.83. The minimum absolute atomic E-state index is 0.119. The van der Waals surface area contributed by atoms with Crippen molar-refractivity contribution in [2.45, 2.75) is 33.2 Å². The van der Waals surface area contributed by atoms with Crippen molar-refractivity contribution in [3.63, 3.8) is 0 Å². The van der Waals surface area contributed by atoms with E-state index in [9.17, 15) is 5.11 Å². The molecular weight excluding hydrogens is 214 g/mol. The van der Waals surface area contributed by atoms with Gasteiger partial charge >= 0.3 is 0 Å². The van der Waals surface area contributed by atoms with Crippen LogP contribution in [0, 0.1) is 13.8 Å². The van der Waals surface area contributed by atoms with Crippen molar-refractivity contribution in [1.82, 2.24) is 0 Å². The van der Waals surface area contributed by atoms with E-state index in [0.29, 0.717) is 0 Å². The fourth-order valence-electron chi connectivity index (χ4n) is 1.79. The molecule has 0 amide bonds. The topological polar surface area (TPSA) is 32.7 Å². The molecule has 1 aromatic carbocycles. The molecule has 0 atom stereocenters. The summed E-state index contributed by atoms with van der Waals surface area (Å²) in [5, 5.41) is 9.42. The largest absolute Gasteiger partial charge is 0.496 e. The van der Waals surface area contributed by atoms with Gasteiger partial charge in [-0.1, -0.05) is 0 Å². The van der Waals surface area contributed by atoms with E-state index in [0.717, 1.165) is 22.6 Å². The number of anilines is 1. The zero-order chi connectivity index (χ0) is 13.2. The van der Waals surface area contributed by atoms with E-state index in [-0.39, 0.29) is 12.1 Å². The molecule has 0 fully saturated rings. The summed E-state index contributed by atoms with van der Waals surface area (Å²) < 4.78 is 5.30. The molecule has 0 aliphatic carbocycles. The van der Waals surface area contributed by atoms with Gasteiger partial charge in [-0.2, -0.15) is 0 Å². The van der Waals surface area contributed by atoms with Crippen molar-refractivity contribution in [2.24, 2.45) is 0 Å². The lowest BCUT2D eigenvalue weighted by atomic mass is 10.0. The highest BCUT2D eigenvalue weighted by atomic mass is 16.5. The third-order valence-corrected chi connectivity index (χ3v) is 3.37. The predicted octanol–water partition coefficient (Wildman–Crippen LogP) is 2.52. The van der Waals surface area contributed by atoms with Crippen LogP contribution in [0.5, 0.6) is 5.75 Å². The Morgan fingerprint density at radius 2 is 1.82 bits per heavy atom. The third-order valence-electron chi connectivity index (χ3n) is 3.37. The summed E-state index contributed by atoms with van der Waals surface area (Å²) in [6.07, 6.45) is 0. The molecule has 0 saturated carbocycles. The van der Waals surface area contributed by atoms with Crippen LogP contribution in [0.3, 0.4) is 0 Å². The number of rotatable bonds is 4. The van der Waals surface area contributed by atoms with Gasteiger partial charge in [-0.3, -0.25) is 0 Å². The van der Waals surface area contributed by atoms with Gasteiger partial charge in [0.1, 0.15) is 5.75 Å². The normalized spacial score (nSPS) is 11.5. The molecule has 0 radical (unpaired) electrons. The first-order valence-electron chi connectivity index (χ1n) is 5.83. The smallest absolute Gasteiger partial charge is 0.122 e. The highest BCUT2D eigenvalue weighted by Gasteiger charge is 2.24. The summed E-state index contributed by atoms with van der Waals surface area (Å²) in [6, 6.07) is 4.14. The average Bonchev–Trinajstić information content (AvgIpc) is 2.30. The second-order valence-electron chi connectivity index (χ2n) is 5.14. The molecule has 3 nitrogen and oxygen atoms in total. The first kappa shape index (κ1) is 13.8. The van der Waals surface area contributed by atoms with E-state index >= 15 is 0 Å². The number of methoxy groups -OCH3 is 1. The van der Waals surface area contributed by atoms with Crippen molar-refractivity contribution in [2.75, 3.05) is 25.7 Å². The number of hydrogen-bond acceptors (Lipinski definition) is 3. The van der Waals surface area contributed by atoms with Gasteiger partial charge in [0.15, 0.2) is 0 Å². The molecule has 0 aliphatic rings. The molecule has 0 bridgehead atoms. The minimum atomic E-state index is -0.272. The Kier molecular flexibility index (Phi) is 4.04. The van der Waals surface area contributed by atoms with Gasteiger partial charge in [0.2, 0.25) is 0 Å². The van der Waals surface area contributed by atoms with Gasteiger partial charge in [0.25, 0.3) is 0 Å². The second-order valence-corrected chi connectivity index (χ2v) is 5.14. The van der Waals surface area contributed by atoms with Crippen LogP contribution in [-0.2, 0) is 0 Å². The van der Waals surface area contributed by atoms with E-state index < -0.39 is 0 Å². The van der Waals surface area contributed by atoms with Crippen LogP contribution in [0.1, 0.15) is 25.0 Å². The molecule has 0 heterocycles. The maximum atomic E-state index is 9.42. The van der Waals surface area contributed by atoms with Crippen LogP contribution < -0.4 is 9.64 Å². The standard InChI is InChI=1S/C14H23NO2/c1-10-8-13(17-6)11(2)7-12(10)15(5)14(3,4)9-16/h7-8,16H,9H2,1-6H3. The Morgan fingerprint density at radius 3 is 2.29 bits per heavy atom. The van der Waals surface area contributed by atoms with Crippen molar-refractivity contribution in [3.05, 3.63) is 23.3 Å². The lowest BCUT2D eigenvalue weighted by molar-refractivity contribution is 0.216. The first-order chi connectivity index (χ1) is 7.83. The number of hydrogen-bond donors (Lipinski definition) is 1. The van der Waals surface area contributed by atoms with E-state index in [2.05, 4.69) is 17.9 Å². The number of likely N-dealkylation sites (N-methyl/N-ethyl adjacent to an activating group) is 1. The Morgan fingerprint density at radius 1 is 1.24 bits per heavy atom. The van der Waals surface area contributed by atoms with Gasteiger partial charge in [-0.25, -0.2) is 0 Å². The SMILES string of the molecule is COc1cc(C)c(N(C)C(C)(C)CO)cc1C. The van der Waals surface area contributed by atoms with Crippen molar-refractivity contribution >= 4 is 5.69 Å². The second kappa shape index (κ2) is 4.96. The summed E-state index contributed by atoms with van der Waals surface area (Å²) >= 11 is 0. The molecule has 1 aromatic rings. The van der Waals surface area contributed by atoms with E-state index in [1.54, 1.807) is 7.11 Å². The Hall–Kier alpha value is -1.22. The fourth-order valence-corrected chi connectivity index (χ4v) is 1.79. The molecule has 1 rings (SSSR count). The van der Waals surface area contributed by atoms with Crippen LogP contribution in [0.2, 0.25) is 0 Å². The van der Waals surface area contributed by atoms with Gasteiger partial charge in [-0.15, -0.1) is 0 Å². The Bertz CT molecular complexity index is 399. The lowest BCUT2D eigenvalue weighted by Gasteiger charge is -2.37. The van der Waals surface area contributed by atoms with Crippen molar-refractivity contribution < 1.29 is 9.84 Å². The monoisotopic (exact) mass is 237 g/mol. The van der Waals surface area contributed by atoms with Gasteiger partial charge < -0.3 is 14.7 Å². The van der Waals surface area contributed by atoms with Gasteiger partial charge in [-0.05, 0) is 51.0 Å². The predicted molar refractivity (Wildman–Crippen MR) is 72.0 cm³/mol. The number of benzene rings is 1. The van der Waals surface area contributed by atoms with Crippen LogP contribution >= 0.6 is 0 Å². The van der Waals surface area contributed by atoms with Gasteiger partial charge in [0, 0.05) is 12.7 Å². The summed E-state index contributed by atoms with van der Waals surface area (Å²) in [5.41, 5.74) is 3.11. The molecular formula is C14H23NO2. The third kappa shape index (κ3) is 2.72. The van der Waals surface area contributed by atoms with Crippen LogP contribution in [0.15, 0.2) is 12.1 Å². The molecule has 0 spiro atoms. The summed E-state index contributed by atoms with van der Waals surface area (Å²) in [5.74, 6) is 0.904. The van der Waals surface area contributed by atoms with E-state index in [1.165, 1.54) is 0 Å². The van der Waals surface area contributed by atoms with Crippen LogP contribution in [0.25, 0.3) is 0 Å². The van der Waals surface area contributed by atoms with E-state index in [1.807, 2.05) is 33.9 Å². The summed E-state index contributed by atoms with van der Waals surface area (Å²) in [6.45, 7) is 8.24. The highest BCUT2D eigenvalue weighted by molar-refractivity contribution is 5.59. The van der Waals surface area contributed by atoms with Crippen LogP contribution in [-0.4, -0.2) is 31.4 Å². The maximum absolute atomic E-state index is 9.42. The minimum Gasteiger partial charge on any atom is -0.496 e. The molecule has 1 N–H and O–H groups in total. The van der Waals surface area contributed by atoms with Gasteiger partial charge in [0.05, 0.1) is 19.3 Å². The summed E-state index contributed by atoms with van der Waals surface area (Å²) in [7, 11) is 3.69. The van der Waals surface area contributed by atoms with Crippen molar-refractivity contribution in [3.8, 4) is 5.75 Å². The Balaban J connectivity index is 3.19. The molecule has 0 aliphatic heterocycles. The number of nitrogens with zero attached hydrogens (tertiary/aromatic N) is 1. The highest BCUT2D eigenvalue weighted by Crippen LogP contribution is 2.31. The number of aliphatic hydroxyl groups excluding tert-OH is 1. The molecule has 17 heavy (non-hydrogen) atoms.